The fourth-order valence-electron chi connectivity index (χ4n) is 1.48. The maximum absolute atomic E-state index is 11.1. The Morgan fingerprint density at radius 2 is 2.11 bits per heavy atom. The monoisotopic (exact) mass is 266 g/mol. The second-order valence-corrected chi connectivity index (χ2v) is 4.34. The van der Waals surface area contributed by atoms with Crippen LogP contribution in [0.25, 0.3) is 0 Å². The van der Waals surface area contributed by atoms with Crippen molar-refractivity contribution in [2.24, 2.45) is 0 Å². The van der Waals surface area contributed by atoms with E-state index in [2.05, 4.69) is 16.7 Å². The van der Waals surface area contributed by atoms with Gasteiger partial charge in [-0.1, -0.05) is 17.7 Å². The summed E-state index contributed by atoms with van der Waals surface area (Å²) in [6.07, 6.45) is 0. The van der Waals surface area contributed by atoms with Crippen molar-refractivity contribution >= 4 is 29.0 Å². The maximum Gasteiger partial charge on any atom is 0.325 e. The van der Waals surface area contributed by atoms with Gasteiger partial charge >= 0.3 is 5.97 Å². The first-order chi connectivity index (χ1) is 8.52. The summed E-state index contributed by atoms with van der Waals surface area (Å²) in [5, 5.41) is 6.26. The van der Waals surface area contributed by atoms with Crippen molar-refractivity contribution in [3.05, 3.63) is 29.3 Å². The number of carbonyl (C=O) groups is 1. The van der Waals surface area contributed by atoms with Gasteiger partial charge in [-0.05, 0) is 44.6 Å². The van der Waals surface area contributed by atoms with Crippen LogP contribution >= 0.6 is 12.2 Å². The van der Waals surface area contributed by atoms with Crippen LogP contribution in [-0.4, -0.2) is 24.2 Å². The van der Waals surface area contributed by atoms with Crippen LogP contribution in [0.1, 0.15) is 18.1 Å². The number of rotatable bonds is 4. The molecule has 2 N–H and O–H groups in total. The molecule has 0 aliphatic rings. The molecule has 1 rings (SSSR count). The lowest BCUT2D eigenvalue weighted by molar-refractivity contribution is -0.141. The summed E-state index contributed by atoms with van der Waals surface area (Å²) in [5.74, 6) is -0.317. The van der Waals surface area contributed by atoms with E-state index in [-0.39, 0.29) is 12.5 Å². The van der Waals surface area contributed by atoms with Gasteiger partial charge in [0.05, 0.1) is 6.61 Å². The highest BCUT2D eigenvalue weighted by atomic mass is 32.1. The van der Waals surface area contributed by atoms with Gasteiger partial charge in [0, 0.05) is 5.69 Å². The van der Waals surface area contributed by atoms with Crippen molar-refractivity contribution in [2.75, 3.05) is 18.5 Å². The second kappa shape index (κ2) is 6.96. The SMILES string of the molecule is CCOC(=O)CNC(=S)Nc1ccc(C)cc1C. The topological polar surface area (TPSA) is 50.4 Å². The summed E-state index contributed by atoms with van der Waals surface area (Å²) in [6.45, 7) is 6.25. The van der Waals surface area contributed by atoms with Crippen molar-refractivity contribution in [3.8, 4) is 0 Å². The van der Waals surface area contributed by atoms with E-state index in [1.807, 2.05) is 26.0 Å². The number of nitrogens with one attached hydrogen (secondary N) is 2. The Hall–Kier alpha value is -1.62. The quantitative estimate of drug-likeness (QED) is 0.646. The first-order valence-corrected chi connectivity index (χ1v) is 6.21. The van der Waals surface area contributed by atoms with Crippen LogP contribution in [0.3, 0.4) is 0 Å². The van der Waals surface area contributed by atoms with E-state index in [0.29, 0.717) is 11.7 Å². The Morgan fingerprint density at radius 1 is 1.39 bits per heavy atom. The standard InChI is InChI=1S/C13H18N2O2S/c1-4-17-12(16)8-14-13(18)15-11-6-5-9(2)7-10(11)3/h5-7H,4,8H2,1-3H3,(H2,14,15,18). The molecule has 0 saturated carbocycles. The molecule has 0 heterocycles. The third-order valence-corrected chi connectivity index (χ3v) is 2.58. The molecule has 0 aliphatic heterocycles. The summed E-state index contributed by atoms with van der Waals surface area (Å²) in [5.41, 5.74) is 3.24. The van der Waals surface area contributed by atoms with Crippen LogP contribution in [0.5, 0.6) is 0 Å². The highest BCUT2D eigenvalue weighted by Gasteiger charge is 2.04. The number of esters is 1. The molecule has 4 nitrogen and oxygen atoms in total. The van der Waals surface area contributed by atoms with E-state index in [4.69, 9.17) is 17.0 Å². The normalized spacial score (nSPS) is 9.72. The van der Waals surface area contributed by atoms with Gasteiger partial charge < -0.3 is 15.4 Å². The van der Waals surface area contributed by atoms with Crippen molar-refractivity contribution in [3.63, 3.8) is 0 Å². The lowest BCUT2D eigenvalue weighted by atomic mass is 10.1. The molecule has 0 aromatic heterocycles. The van der Waals surface area contributed by atoms with E-state index in [0.717, 1.165) is 11.3 Å². The Balaban J connectivity index is 2.47. The molecule has 0 unspecified atom stereocenters. The number of hydrogen-bond acceptors (Lipinski definition) is 3. The Labute approximate surface area is 113 Å². The molecule has 0 bridgehead atoms. The smallest absolute Gasteiger partial charge is 0.325 e. The minimum atomic E-state index is -0.317. The minimum absolute atomic E-state index is 0.0740. The van der Waals surface area contributed by atoms with Gasteiger partial charge in [-0.2, -0.15) is 0 Å². The fraction of sp³-hybridized carbons (Fsp3) is 0.385. The summed E-state index contributed by atoms with van der Waals surface area (Å²) in [7, 11) is 0. The summed E-state index contributed by atoms with van der Waals surface area (Å²) in [4.78, 5) is 11.1. The van der Waals surface area contributed by atoms with Crippen molar-refractivity contribution in [1.29, 1.82) is 0 Å². The first kappa shape index (κ1) is 14.4. The van der Waals surface area contributed by atoms with Gasteiger partial charge in [-0.3, -0.25) is 4.79 Å². The van der Waals surface area contributed by atoms with Crippen LogP contribution in [0, 0.1) is 13.8 Å². The molecule has 1 aromatic rings. The molecular weight excluding hydrogens is 248 g/mol. The second-order valence-electron chi connectivity index (χ2n) is 3.93. The number of benzene rings is 1. The van der Waals surface area contributed by atoms with Crippen LogP contribution in [-0.2, 0) is 9.53 Å². The molecule has 0 fully saturated rings. The molecular formula is C13H18N2O2S. The van der Waals surface area contributed by atoms with Crippen LogP contribution in [0.15, 0.2) is 18.2 Å². The summed E-state index contributed by atoms with van der Waals surface area (Å²) < 4.78 is 4.79. The molecule has 0 aliphatic carbocycles. The minimum Gasteiger partial charge on any atom is -0.465 e. The van der Waals surface area contributed by atoms with Crippen LogP contribution in [0.2, 0.25) is 0 Å². The number of anilines is 1. The van der Waals surface area contributed by atoms with Crippen molar-refractivity contribution in [1.82, 2.24) is 5.32 Å². The van der Waals surface area contributed by atoms with E-state index in [1.54, 1.807) is 6.92 Å². The lowest BCUT2D eigenvalue weighted by Crippen LogP contribution is -2.34. The largest absolute Gasteiger partial charge is 0.465 e. The van der Waals surface area contributed by atoms with Gasteiger partial charge in [-0.25, -0.2) is 0 Å². The molecule has 0 saturated heterocycles. The lowest BCUT2D eigenvalue weighted by Gasteiger charge is -2.12. The maximum atomic E-state index is 11.1. The molecule has 1 aromatic carbocycles. The molecule has 0 spiro atoms. The van der Waals surface area contributed by atoms with Crippen molar-refractivity contribution in [2.45, 2.75) is 20.8 Å². The molecule has 18 heavy (non-hydrogen) atoms. The third kappa shape index (κ3) is 4.71. The Morgan fingerprint density at radius 3 is 2.72 bits per heavy atom. The predicted octanol–water partition coefficient (Wildman–Crippen LogP) is 2.15. The number of thiocarbonyl (C=S) groups is 1. The Bertz CT molecular complexity index is 447. The number of carbonyl (C=O) groups excluding carboxylic acids is 1. The van der Waals surface area contributed by atoms with E-state index in [9.17, 15) is 4.79 Å². The van der Waals surface area contributed by atoms with Gasteiger partial charge in [0.1, 0.15) is 6.54 Å². The predicted molar refractivity (Wildman–Crippen MR) is 76.8 cm³/mol. The molecule has 5 heteroatoms. The van der Waals surface area contributed by atoms with E-state index >= 15 is 0 Å². The Kier molecular flexibility index (Phi) is 5.58. The zero-order valence-corrected chi connectivity index (χ0v) is 11.7. The zero-order valence-electron chi connectivity index (χ0n) is 10.9. The average molecular weight is 266 g/mol. The highest BCUT2D eigenvalue weighted by molar-refractivity contribution is 7.80. The van der Waals surface area contributed by atoms with Gasteiger partial charge in [0.2, 0.25) is 0 Å². The highest BCUT2D eigenvalue weighted by Crippen LogP contribution is 2.15. The van der Waals surface area contributed by atoms with Gasteiger partial charge in [-0.15, -0.1) is 0 Å². The number of hydrogen-bond donors (Lipinski definition) is 2. The third-order valence-electron chi connectivity index (χ3n) is 2.33. The molecule has 0 atom stereocenters. The fourth-order valence-corrected chi connectivity index (χ4v) is 1.67. The van der Waals surface area contributed by atoms with Gasteiger partial charge in [0.25, 0.3) is 0 Å². The van der Waals surface area contributed by atoms with Crippen LogP contribution < -0.4 is 10.6 Å². The van der Waals surface area contributed by atoms with E-state index in [1.165, 1.54) is 5.56 Å². The summed E-state index contributed by atoms with van der Waals surface area (Å²) in [6, 6.07) is 6.03. The molecule has 0 amide bonds. The van der Waals surface area contributed by atoms with Crippen LogP contribution in [0.4, 0.5) is 5.69 Å². The first-order valence-electron chi connectivity index (χ1n) is 5.80. The zero-order chi connectivity index (χ0) is 13.5. The molecule has 0 radical (unpaired) electrons. The molecule has 98 valence electrons. The van der Waals surface area contributed by atoms with Crippen molar-refractivity contribution < 1.29 is 9.53 Å². The van der Waals surface area contributed by atoms with Gasteiger partial charge in [0.15, 0.2) is 5.11 Å². The average Bonchev–Trinajstić information content (AvgIpc) is 2.31. The number of aryl methyl sites for hydroxylation is 2. The van der Waals surface area contributed by atoms with E-state index < -0.39 is 0 Å². The summed E-state index contributed by atoms with van der Waals surface area (Å²) >= 11 is 5.10. The number of ether oxygens (including phenoxy) is 1.